The van der Waals surface area contributed by atoms with Crippen molar-refractivity contribution in [2.75, 3.05) is 17.3 Å². The van der Waals surface area contributed by atoms with Crippen molar-refractivity contribution in [2.45, 2.75) is 11.7 Å². The van der Waals surface area contributed by atoms with Crippen molar-refractivity contribution < 1.29 is 18.3 Å². The molecule has 0 radical (unpaired) electrons. The predicted octanol–water partition coefficient (Wildman–Crippen LogP) is -0.00870. The number of aliphatic carboxylic acids is 1. The Balaban J connectivity index is 2.34. The first-order valence-corrected chi connectivity index (χ1v) is 6.40. The number of hydrogen-bond donors (Lipinski definition) is 1. The van der Waals surface area contributed by atoms with Gasteiger partial charge in [-0.3, -0.25) is 4.79 Å². The molecule has 0 aliphatic carbocycles. The van der Waals surface area contributed by atoms with Gasteiger partial charge in [0.05, 0.1) is 17.3 Å². The maximum Gasteiger partial charge on any atom is 0.313 e. The van der Waals surface area contributed by atoms with Gasteiger partial charge in [0.1, 0.15) is 0 Å². The Morgan fingerprint density at radius 2 is 2.25 bits per heavy atom. The summed E-state index contributed by atoms with van der Waals surface area (Å²) in [5.41, 5.74) is 0. The normalized spacial score (nSPS) is 27.2. The van der Waals surface area contributed by atoms with Gasteiger partial charge in [-0.05, 0) is 6.42 Å². The average Bonchev–Trinajstić information content (AvgIpc) is 2.26. The summed E-state index contributed by atoms with van der Waals surface area (Å²) in [5, 5.41) is 8.33. The second-order valence-corrected chi connectivity index (χ2v) is 6.25. The summed E-state index contributed by atoms with van der Waals surface area (Å²) in [4.78, 5) is 10.1. The summed E-state index contributed by atoms with van der Waals surface area (Å²) >= 11 is 1.22. The van der Waals surface area contributed by atoms with E-state index in [4.69, 9.17) is 5.11 Å². The van der Waals surface area contributed by atoms with Gasteiger partial charge in [-0.2, -0.15) is 0 Å². The number of rotatable bonds is 3. The predicted molar refractivity (Wildman–Crippen MR) is 47.2 cm³/mol. The van der Waals surface area contributed by atoms with Gasteiger partial charge in [0.15, 0.2) is 9.84 Å². The van der Waals surface area contributed by atoms with E-state index in [0.717, 1.165) is 0 Å². The molecule has 1 heterocycles. The van der Waals surface area contributed by atoms with Crippen LogP contribution in [-0.2, 0) is 14.6 Å². The van der Waals surface area contributed by atoms with Crippen molar-refractivity contribution in [3.63, 3.8) is 0 Å². The number of hydrogen-bond acceptors (Lipinski definition) is 4. The Bertz CT molecular complexity index is 269. The second-order valence-electron chi connectivity index (χ2n) is 2.73. The summed E-state index contributed by atoms with van der Waals surface area (Å²) in [6.07, 6.45) is 0.597. The second kappa shape index (κ2) is 3.66. The van der Waals surface area contributed by atoms with Gasteiger partial charge in [-0.25, -0.2) is 8.42 Å². The van der Waals surface area contributed by atoms with Crippen LogP contribution < -0.4 is 0 Å². The molecule has 0 amide bonds. The van der Waals surface area contributed by atoms with Crippen LogP contribution in [0, 0.1) is 0 Å². The topological polar surface area (TPSA) is 71.4 Å². The van der Waals surface area contributed by atoms with Crippen molar-refractivity contribution in [3.05, 3.63) is 0 Å². The van der Waals surface area contributed by atoms with Gasteiger partial charge in [0.25, 0.3) is 0 Å². The number of carboxylic acids is 1. The molecule has 1 rings (SSSR count). The Hall–Kier alpha value is -0.230. The molecule has 0 spiro atoms. The van der Waals surface area contributed by atoms with Gasteiger partial charge in [0, 0.05) is 5.25 Å². The van der Waals surface area contributed by atoms with E-state index in [-0.39, 0.29) is 22.5 Å². The molecule has 0 aromatic rings. The molecule has 6 heteroatoms. The van der Waals surface area contributed by atoms with Crippen molar-refractivity contribution in [1.82, 2.24) is 0 Å². The first-order valence-electron chi connectivity index (χ1n) is 3.53. The molecule has 0 saturated carbocycles. The summed E-state index contributed by atoms with van der Waals surface area (Å²) in [7, 11) is -2.86. The monoisotopic (exact) mass is 210 g/mol. The summed E-state index contributed by atoms with van der Waals surface area (Å²) < 4.78 is 21.8. The molecule has 70 valence electrons. The standard InChI is InChI=1S/C6H10O4S2/c7-6(8)3-11-5-1-2-12(9,10)4-5/h5H,1-4H2,(H,7,8)/t5-/m1/s1. The highest BCUT2D eigenvalue weighted by Crippen LogP contribution is 2.23. The third kappa shape index (κ3) is 3.02. The molecule has 1 aliphatic heterocycles. The number of carbonyl (C=O) groups is 1. The molecule has 1 fully saturated rings. The van der Waals surface area contributed by atoms with Crippen LogP contribution >= 0.6 is 11.8 Å². The minimum atomic E-state index is -2.86. The molecule has 4 nitrogen and oxygen atoms in total. The number of carboxylic acid groups (broad SMARTS) is 1. The molecular weight excluding hydrogens is 200 g/mol. The zero-order valence-corrected chi connectivity index (χ0v) is 8.03. The maximum absolute atomic E-state index is 10.9. The average molecular weight is 210 g/mol. The van der Waals surface area contributed by atoms with E-state index in [2.05, 4.69) is 0 Å². The third-order valence-electron chi connectivity index (χ3n) is 1.63. The van der Waals surface area contributed by atoms with E-state index < -0.39 is 15.8 Å². The highest BCUT2D eigenvalue weighted by Gasteiger charge is 2.28. The van der Waals surface area contributed by atoms with Gasteiger partial charge < -0.3 is 5.11 Å². The fourth-order valence-corrected chi connectivity index (χ4v) is 4.44. The first-order chi connectivity index (χ1) is 5.49. The van der Waals surface area contributed by atoms with E-state index in [9.17, 15) is 13.2 Å². The van der Waals surface area contributed by atoms with E-state index >= 15 is 0 Å². The van der Waals surface area contributed by atoms with Crippen LogP contribution in [0.2, 0.25) is 0 Å². The number of thioether (sulfide) groups is 1. The molecular formula is C6H10O4S2. The smallest absolute Gasteiger partial charge is 0.313 e. The minimum Gasteiger partial charge on any atom is -0.481 e. The van der Waals surface area contributed by atoms with Crippen molar-refractivity contribution in [3.8, 4) is 0 Å². The quantitative estimate of drug-likeness (QED) is 0.709. The van der Waals surface area contributed by atoms with Crippen molar-refractivity contribution >= 4 is 27.6 Å². The van der Waals surface area contributed by atoms with E-state index in [0.29, 0.717) is 6.42 Å². The van der Waals surface area contributed by atoms with Crippen LogP contribution in [-0.4, -0.2) is 42.0 Å². The lowest BCUT2D eigenvalue weighted by Gasteiger charge is -2.02. The molecule has 1 aliphatic rings. The minimum absolute atomic E-state index is 0.000185. The summed E-state index contributed by atoms with van der Waals surface area (Å²) in [6.45, 7) is 0. The molecule has 0 aromatic carbocycles. The molecule has 1 saturated heterocycles. The van der Waals surface area contributed by atoms with Crippen molar-refractivity contribution in [1.29, 1.82) is 0 Å². The van der Waals surface area contributed by atoms with E-state index in [1.165, 1.54) is 11.8 Å². The van der Waals surface area contributed by atoms with Crippen LogP contribution in [0.25, 0.3) is 0 Å². The SMILES string of the molecule is O=C(O)CS[C@@H]1CCS(=O)(=O)C1. The lowest BCUT2D eigenvalue weighted by molar-refractivity contribution is -0.133. The van der Waals surface area contributed by atoms with Crippen LogP contribution in [0.5, 0.6) is 0 Å². The van der Waals surface area contributed by atoms with Crippen LogP contribution in [0.3, 0.4) is 0 Å². The lowest BCUT2D eigenvalue weighted by atomic mass is 10.4. The van der Waals surface area contributed by atoms with Gasteiger partial charge in [0.2, 0.25) is 0 Å². The zero-order valence-electron chi connectivity index (χ0n) is 6.39. The molecule has 1 atom stereocenters. The Morgan fingerprint density at radius 3 is 2.67 bits per heavy atom. The molecule has 1 N–H and O–H groups in total. The molecule has 0 unspecified atom stereocenters. The van der Waals surface area contributed by atoms with Crippen LogP contribution in [0.15, 0.2) is 0 Å². The van der Waals surface area contributed by atoms with Gasteiger partial charge in [-0.15, -0.1) is 11.8 Å². The van der Waals surface area contributed by atoms with E-state index in [1.54, 1.807) is 0 Å². The van der Waals surface area contributed by atoms with Crippen molar-refractivity contribution in [2.24, 2.45) is 0 Å². The van der Waals surface area contributed by atoms with Crippen LogP contribution in [0.4, 0.5) is 0 Å². The molecule has 0 bridgehead atoms. The van der Waals surface area contributed by atoms with Crippen LogP contribution in [0.1, 0.15) is 6.42 Å². The van der Waals surface area contributed by atoms with Gasteiger partial charge >= 0.3 is 5.97 Å². The fraction of sp³-hybridized carbons (Fsp3) is 0.833. The summed E-state index contributed by atoms with van der Waals surface area (Å²) in [5.74, 6) is -0.528. The first kappa shape index (κ1) is 9.85. The Kier molecular flexibility index (Phi) is 3.00. The zero-order chi connectivity index (χ0) is 9.19. The summed E-state index contributed by atoms with van der Waals surface area (Å²) in [6, 6.07) is 0. The Labute approximate surface area is 75.3 Å². The third-order valence-corrected chi connectivity index (χ3v) is 4.90. The Morgan fingerprint density at radius 1 is 1.58 bits per heavy atom. The molecule has 0 aromatic heterocycles. The van der Waals surface area contributed by atoms with Gasteiger partial charge in [-0.1, -0.05) is 0 Å². The highest BCUT2D eigenvalue weighted by molar-refractivity contribution is 8.02. The maximum atomic E-state index is 10.9. The highest BCUT2D eigenvalue weighted by atomic mass is 32.2. The fourth-order valence-electron chi connectivity index (χ4n) is 1.08. The molecule has 12 heavy (non-hydrogen) atoms. The number of sulfone groups is 1. The lowest BCUT2D eigenvalue weighted by Crippen LogP contribution is -2.09. The van der Waals surface area contributed by atoms with E-state index in [1.807, 2.05) is 0 Å². The largest absolute Gasteiger partial charge is 0.481 e.